The fourth-order valence-corrected chi connectivity index (χ4v) is 4.03. The average molecular weight is 270 g/mol. The predicted octanol–water partition coefficient (Wildman–Crippen LogP) is 2.21. The molecule has 4 aliphatic rings. The lowest BCUT2D eigenvalue weighted by molar-refractivity contribution is -0.142. The zero-order valence-corrected chi connectivity index (χ0v) is 11.3. The number of carbonyl (C=O) groups is 1. The highest BCUT2D eigenvalue weighted by Gasteiger charge is 2.43. The Kier molecular flexibility index (Phi) is 2.59. The minimum absolute atomic E-state index is 0.362. The summed E-state index contributed by atoms with van der Waals surface area (Å²) in [5, 5.41) is 9.52. The lowest BCUT2D eigenvalue weighted by Gasteiger charge is -2.41. The molecule has 4 heteroatoms. The van der Waals surface area contributed by atoms with Crippen molar-refractivity contribution >= 4 is 11.7 Å². The van der Waals surface area contributed by atoms with Crippen LogP contribution in [0.4, 0.5) is 0 Å². The molecular weight excluding hydrogens is 252 g/mol. The number of hydrogen-bond acceptors (Lipinski definition) is 3. The van der Waals surface area contributed by atoms with Crippen LogP contribution in [0.3, 0.4) is 0 Å². The van der Waals surface area contributed by atoms with Gasteiger partial charge in [0.05, 0.1) is 11.6 Å². The second-order valence-corrected chi connectivity index (χ2v) is 5.99. The summed E-state index contributed by atoms with van der Waals surface area (Å²) >= 11 is 0. The van der Waals surface area contributed by atoms with Gasteiger partial charge in [-0.15, -0.1) is 0 Å². The highest BCUT2D eigenvalue weighted by atomic mass is 16.4. The first kappa shape index (κ1) is 11.9. The molecule has 0 bridgehead atoms. The van der Waals surface area contributed by atoms with Crippen LogP contribution in [0.5, 0.6) is 0 Å². The van der Waals surface area contributed by atoms with Crippen molar-refractivity contribution in [1.82, 2.24) is 4.90 Å². The third-order valence-corrected chi connectivity index (χ3v) is 4.93. The van der Waals surface area contributed by atoms with Crippen LogP contribution in [0.15, 0.2) is 40.7 Å². The average Bonchev–Trinajstić information content (AvgIpc) is 2.85. The van der Waals surface area contributed by atoms with Crippen LogP contribution in [0, 0.1) is 17.8 Å². The van der Waals surface area contributed by atoms with Crippen LogP contribution in [0.25, 0.3) is 0 Å². The Hall–Kier alpha value is -1.84. The fraction of sp³-hybridized carbons (Fsp3) is 0.500. The van der Waals surface area contributed by atoms with E-state index in [0.717, 1.165) is 49.5 Å². The first-order valence-electron chi connectivity index (χ1n) is 7.41. The molecule has 3 aliphatic heterocycles. The maximum absolute atomic E-state index is 11.6. The van der Waals surface area contributed by atoms with Crippen molar-refractivity contribution in [2.45, 2.75) is 19.3 Å². The topological polar surface area (TPSA) is 52.9 Å². The van der Waals surface area contributed by atoms with E-state index in [1.54, 1.807) is 0 Å². The van der Waals surface area contributed by atoms with Crippen molar-refractivity contribution in [3.05, 3.63) is 35.7 Å². The molecule has 20 heavy (non-hydrogen) atoms. The molecule has 0 aromatic heterocycles. The summed E-state index contributed by atoms with van der Waals surface area (Å²) in [7, 11) is 0. The number of aliphatic carboxylic acids is 1. The number of hydrogen-bond donors (Lipinski definition) is 1. The van der Waals surface area contributed by atoms with Crippen LogP contribution in [-0.2, 0) is 4.79 Å². The van der Waals surface area contributed by atoms with E-state index in [2.05, 4.69) is 23.1 Å². The number of carboxylic acid groups (broad SMARTS) is 1. The predicted molar refractivity (Wildman–Crippen MR) is 76.3 cm³/mol. The molecule has 0 radical (unpaired) electrons. The lowest BCUT2D eigenvalue weighted by atomic mass is 9.79. The standard InChI is InChI=1S/C16H18N2O2/c19-16(20)12-5-3-8-18-9-7-11-10-4-1-2-6-13(10)17-14(11)15(12)18/h1-2,4,6,10-12H,3,5,7-9H2,(H,19,20). The Bertz CT molecular complexity index is 585. The van der Waals surface area contributed by atoms with Crippen molar-refractivity contribution in [2.75, 3.05) is 13.1 Å². The van der Waals surface area contributed by atoms with E-state index in [1.165, 1.54) is 0 Å². The Labute approximate surface area is 118 Å². The van der Waals surface area contributed by atoms with E-state index in [1.807, 2.05) is 6.08 Å². The van der Waals surface area contributed by atoms with E-state index in [4.69, 9.17) is 4.99 Å². The molecule has 104 valence electrons. The minimum atomic E-state index is -0.695. The second kappa shape index (κ2) is 4.33. The lowest BCUT2D eigenvalue weighted by Crippen LogP contribution is -2.42. The van der Waals surface area contributed by atoms with Gasteiger partial charge in [0.25, 0.3) is 0 Å². The maximum atomic E-state index is 11.6. The van der Waals surface area contributed by atoms with Crippen molar-refractivity contribution < 1.29 is 9.90 Å². The molecule has 3 heterocycles. The van der Waals surface area contributed by atoms with Gasteiger partial charge in [0, 0.05) is 36.3 Å². The summed E-state index contributed by atoms with van der Waals surface area (Å²) in [5.41, 5.74) is 3.17. The van der Waals surface area contributed by atoms with Gasteiger partial charge in [0.1, 0.15) is 0 Å². The van der Waals surface area contributed by atoms with Crippen molar-refractivity contribution in [1.29, 1.82) is 0 Å². The largest absolute Gasteiger partial charge is 0.481 e. The number of piperidine rings is 1. The normalized spacial score (nSPS) is 34.5. The van der Waals surface area contributed by atoms with E-state index in [9.17, 15) is 9.90 Å². The Balaban J connectivity index is 1.83. The highest BCUT2D eigenvalue weighted by Crippen LogP contribution is 2.45. The van der Waals surface area contributed by atoms with Gasteiger partial charge in [0.2, 0.25) is 0 Å². The summed E-state index contributed by atoms with van der Waals surface area (Å²) < 4.78 is 0. The zero-order chi connectivity index (χ0) is 13.7. The molecule has 0 aromatic carbocycles. The first-order chi connectivity index (χ1) is 9.75. The second-order valence-electron chi connectivity index (χ2n) is 5.99. The van der Waals surface area contributed by atoms with E-state index in [-0.39, 0.29) is 5.92 Å². The SMILES string of the molecule is O=C(O)C1CCCN2CCC3C(=C12)N=C1C=CC=CC13. The highest BCUT2D eigenvalue weighted by molar-refractivity contribution is 6.02. The fourth-order valence-electron chi connectivity index (χ4n) is 4.03. The first-order valence-corrected chi connectivity index (χ1v) is 7.41. The summed E-state index contributed by atoms with van der Waals surface area (Å²) in [6, 6.07) is 0. The number of nitrogens with zero attached hydrogens (tertiary/aromatic N) is 2. The number of fused-ring (bicyclic) bond motifs is 4. The summed E-state index contributed by atoms with van der Waals surface area (Å²) in [6.45, 7) is 1.96. The molecule has 1 aliphatic carbocycles. The van der Waals surface area contributed by atoms with Crippen LogP contribution in [0.1, 0.15) is 19.3 Å². The van der Waals surface area contributed by atoms with Gasteiger partial charge in [-0.2, -0.15) is 0 Å². The van der Waals surface area contributed by atoms with E-state index in [0.29, 0.717) is 11.8 Å². The number of carboxylic acids is 1. The van der Waals surface area contributed by atoms with Crippen LogP contribution >= 0.6 is 0 Å². The van der Waals surface area contributed by atoms with Gasteiger partial charge in [-0.25, -0.2) is 0 Å². The molecule has 1 N–H and O–H groups in total. The molecule has 1 fully saturated rings. The van der Waals surface area contributed by atoms with E-state index < -0.39 is 5.97 Å². The molecule has 4 rings (SSSR count). The van der Waals surface area contributed by atoms with Gasteiger partial charge in [-0.3, -0.25) is 9.79 Å². The molecule has 1 saturated heterocycles. The van der Waals surface area contributed by atoms with Crippen LogP contribution in [0.2, 0.25) is 0 Å². The molecule has 0 spiro atoms. The van der Waals surface area contributed by atoms with Crippen molar-refractivity contribution in [2.24, 2.45) is 22.7 Å². The van der Waals surface area contributed by atoms with Crippen LogP contribution in [-0.4, -0.2) is 34.8 Å². The maximum Gasteiger partial charge on any atom is 0.312 e. The molecule has 3 unspecified atom stereocenters. The molecule has 0 amide bonds. The molecule has 3 atom stereocenters. The third kappa shape index (κ3) is 1.60. The minimum Gasteiger partial charge on any atom is -0.481 e. The van der Waals surface area contributed by atoms with Crippen LogP contribution < -0.4 is 0 Å². The molecule has 4 nitrogen and oxygen atoms in total. The Morgan fingerprint density at radius 1 is 1.30 bits per heavy atom. The summed E-state index contributed by atoms with van der Waals surface area (Å²) in [6.07, 6.45) is 11.2. The molecule has 0 aromatic rings. The van der Waals surface area contributed by atoms with Gasteiger partial charge in [-0.1, -0.05) is 18.2 Å². The molecular formula is C16H18N2O2. The number of rotatable bonds is 1. The summed E-state index contributed by atoms with van der Waals surface area (Å²) in [4.78, 5) is 18.6. The Morgan fingerprint density at radius 2 is 2.20 bits per heavy atom. The van der Waals surface area contributed by atoms with Crippen molar-refractivity contribution in [3.8, 4) is 0 Å². The van der Waals surface area contributed by atoms with Crippen molar-refractivity contribution in [3.63, 3.8) is 0 Å². The Morgan fingerprint density at radius 3 is 3.05 bits per heavy atom. The zero-order valence-electron chi connectivity index (χ0n) is 11.3. The molecule has 0 saturated carbocycles. The third-order valence-electron chi connectivity index (χ3n) is 4.93. The monoisotopic (exact) mass is 270 g/mol. The van der Waals surface area contributed by atoms with E-state index >= 15 is 0 Å². The quantitative estimate of drug-likeness (QED) is 0.795. The van der Waals surface area contributed by atoms with Gasteiger partial charge in [-0.05, 0) is 25.3 Å². The summed E-state index contributed by atoms with van der Waals surface area (Å²) in [5.74, 6) is -0.309. The number of allylic oxidation sites excluding steroid dienone is 5. The van der Waals surface area contributed by atoms with Gasteiger partial charge in [0.15, 0.2) is 0 Å². The van der Waals surface area contributed by atoms with Gasteiger partial charge >= 0.3 is 5.97 Å². The van der Waals surface area contributed by atoms with Gasteiger partial charge < -0.3 is 10.0 Å². The smallest absolute Gasteiger partial charge is 0.312 e. The number of aliphatic imine (C=N–C) groups is 1.